The van der Waals surface area contributed by atoms with E-state index >= 15 is 0 Å². The first-order valence-electron chi connectivity index (χ1n) is 10.1. The van der Waals surface area contributed by atoms with Gasteiger partial charge in [-0.05, 0) is 29.3 Å². The van der Waals surface area contributed by atoms with Crippen LogP contribution in [0.15, 0.2) is 72.8 Å². The van der Waals surface area contributed by atoms with Crippen LogP contribution >= 0.6 is 0 Å². The van der Waals surface area contributed by atoms with Crippen molar-refractivity contribution in [2.24, 2.45) is 0 Å². The van der Waals surface area contributed by atoms with Crippen LogP contribution in [-0.2, 0) is 4.79 Å². The van der Waals surface area contributed by atoms with Crippen molar-refractivity contribution in [1.29, 1.82) is 0 Å². The second kappa shape index (κ2) is 9.35. The molecule has 0 aliphatic carbocycles. The first-order chi connectivity index (χ1) is 14.7. The Morgan fingerprint density at radius 3 is 2.40 bits per heavy atom. The SMILES string of the molecule is O=C(O)CC1COc2cc(OCCCOc3cccc(-c4ccccc4)c3)ccc21. The van der Waals surface area contributed by atoms with Crippen LogP contribution in [0.2, 0.25) is 0 Å². The van der Waals surface area contributed by atoms with E-state index in [0.29, 0.717) is 25.6 Å². The van der Waals surface area contributed by atoms with Crippen LogP contribution in [0.3, 0.4) is 0 Å². The van der Waals surface area contributed by atoms with E-state index in [1.54, 1.807) is 0 Å². The fourth-order valence-corrected chi connectivity index (χ4v) is 3.56. The third-order valence-electron chi connectivity index (χ3n) is 5.05. The van der Waals surface area contributed by atoms with Gasteiger partial charge >= 0.3 is 5.97 Å². The molecular formula is C25H24O5. The molecule has 154 valence electrons. The fourth-order valence-electron chi connectivity index (χ4n) is 3.56. The normalized spacial score (nSPS) is 14.6. The molecule has 0 saturated carbocycles. The van der Waals surface area contributed by atoms with Crippen LogP contribution in [-0.4, -0.2) is 30.9 Å². The molecule has 0 fully saturated rings. The molecule has 1 atom stereocenters. The van der Waals surface area contributed by atoms with Gasteiger partial charge in [-0.3, -0.25) is 4.79 Å². The molecule has 0 spiro atoms. The third kappa shape index (κ3) is 4.92. The van der Waals surface area contributed by atoms with Crippen LogP contribution in [0, 0.1) is 0 Å². The number of rotatable bonds is 9. The lowest BCUT2D eigenvalue weighted by atomic mass is 9.98. The number of benzene rings is 3. The molecule has 3 aromatic carbocycles. The van der Waals surface area contributed by atoms with Gasteiger partial charge in [0.25, 0.3) is 0 Å². The lowest BCUT2D eigenvalue weighted by Crippen LogP contribution is -2.07. The van der Waals surface area contributed by atoms with E-state index < -0.39 is 5.97 Å². The highest BCUT2D eigenvalue weighted by atomic mass is 16.5. The van der Waals surface area contributed by atoms with Gasteiger partial charge in [-0.25, -0.2) is 0 Å². The average Bonchev–Trinajstić information content (AvgIpc) is 3.16. The van der Waals surface area contributed by atoms with Gasteiger partial charge in [-0.1, -0.05) is 48.5 Å². The van der Waals surface area contributed by atoms with Gasteiger partial charge in [0.15, 0.2) is 0 Å². The molecule has 5 heteroatoms. The van der Waals surface area contributed by atoms with Crippen LogP contribution in [0.1, 0.15) is 24.3 Å². The minimum absolute atomic E-state index is 0.0794. The van der Waals surface area contributed by atoms with Gasteiger partial charge < -0.3 is 19.3 Å². The molecule has 1 unspecified atom stereocenters. The topological polar surface area (TPSA) is 65.0 Å². The lowest BCUT2D eigenvalue weighted by Gasteiger charge is -2.10. The Morgan fingerprint density at radius 1 is 0.900 bits per heavy atom. The lowest BCUT2D eigenvalue weighted by molar-refractivity contribution is -0.137. The molecule has 3 aromatic rings. The van der Waals surface area contributed by atoms with Crippen molar-refractivity contribution in [2.75, 3.05) is 19.8 Å². The summed E-state index contributed by atoms with van der Waals surface area (Å²) in [6, 6.07) is 23.9. The Bertz CT molecular complexity index is 999. The minimum atomic E-state index is -0.814. The van der Waals surface area contributed by atoms with Crippen molar-refractivity contribution in [3.8, 4) is 28.4 Å². The number of ether oxygens (including phenoxy) is 3. The zero-order valence-electron chi connectivity index (χ0n) is 16.6. The highest BCUT2D eigenvalue weighted by Crippen LogP contribution is 2.38. The molecule has 0 radical (unpaired) electrons. The summed E-state index contributed by atoms with van der Waals surface area (Å²) >= 11 is 0. The number of carboxylic acid groups (broad SMARTS) is 1. The van der Waals surface area contributed by atoms with Gasteiger partial charge in [0.05, 0.1) is 26.2 Å². The Hall–Kier alpha value is -3.47. The summed E-state index contributed by atoms with van der Waals surface area (Å²) in [4.78, 5) is 10.9. The van der Waals surface area contributed by atoms with E-state index in [2.05, 4.69) is 18.2 Å². The predicted molar refractivity (Wildman–Crippen MR) is 114 cm³/mol. The van der Waals surface area contributed by atoms with Crippen molar-refractivity contribution in [3.05, 3.63) is 78.4 Å². The zero-order valence-corrected chi connectivity index (χ0v) is 16.6. The Morgan fingerprint density at radius 2 is 1.63 bits per heavy atom. The zero-order chi connectivity index (χ0) is 20.8. The monoisotopic (exact) mass is 404 g/mol. The Kier molecular flexibility index (Phi) is 6.18. The summed E-state index contributed by atoms with van der Waals surface area (Å²) in [5.74, 6) is 1.37. The second-order valence-corrected chi connectivity index (χ2v) is 7.25. The average molecular weight is 404 g/mol. The van der Waals surface area contributed by atoms with E-state index in [1.165, 1.54) is 0 Å². The first-order valence-corrected chi connectivity index (χ1v) is 10.1. The maximum atomic E-state index is 10.9. The van der Waals surface area contributed by atoms with Gasteiger partial charge in [0, 0.05) is 24.0 Å². The van der Waals surface area contributed by atoms with Gasteiger partial charge in [-0.2, -0.15) is 0 Å². The van der Waals surface area contributed by atoms with Gasteiger partial charge in [-0.15, -0.1) is 0 Å². The van der Waals surface area contributed by atoms with Crippen molar-refractivity contribution >= 4 is 5.97 Å². The summed E-state index contributed by atoms with van der Waals surface area (Å²) in [5.41, 5.74) is 3.23. The molecule has 0 saturated heterocycles. The molecule has 1 aliphatic rings. The van der Waals surface area contributed by atoms with Crippen LogP contribution < -0.4 is 14.2 Å². The first kappa shape index (κ1) is 19.8. The molecule has 30 heavy (non-hydrogen) atoms. The van der Waals surface area contributed by atoms with Gasteiger partial charge in [0.1, 0.15) is 17.2 Å². The molecule has 1 N–H and O–H groups in total. The standard InChI is InChI=1S/C25H24O5/c26-25(27)15-20-17-30-24-16-22(10-11-23(20)24)29-13-5-12-28-21-9-4-8-19(14-21)18-6-2-1-3-7-18/h1-4,6-11,14,16,20H,5,12-13,15,17H2,(H,26,27). The Labute approximate surface area is 175 Å². The highest BCUT2D eigenvalue weighted by molar-refractivity contribution is 5.69. The van der Waals surface area contributed by atoms with Gasteiger partial charge in [0.2, 0.25) is 0 Å². The quantitative estimate of drug-likeness (QED) is 0.500. The second-order valence-electron chi connectivity index (χ2n) is 7.25. The molecule has 5 nitrogen and oxygen atoms in total. The van der Waals surface area contributed by atoms with Crippen LogP contribution in [0.25, 0.3) is 11.1 Å². The number of carbonyl (C=O) groups is 1. The van der Waals surface area contributed by atoms with E-state index in [4.69, 9.17) is 19.3 Å². The summed E-state index contributed by atoms with van der Waals surface area (Å²) in [6.45, 7) is 1.48. The smallest absolute Gasteiger partial charge is 0.304 e. The predicted octanol–water partition coefficient (Wildman–Crippen LogP) is 5.15. The van der Waals surface area contributed by atoms with E-state index in [1.807, 2.05) is 54.6 Å². The molecule has 1 aliphatic heterocycles. The summed E-state index contributed by atoms with van der Waals surface area (Å²) in [6.07, 6.45) is 0.825. The summed E-state index contributed by atoms with van der Waals surface area (Å²) in [7, 11) is 0. The van der Waals surface area contributed by atoms with Crippen molar-refractivity contribution in [3.63, 3.8) is 0 Å². The van der Waals surface area contributed by atoms with E-state index in [-0.39, 0.29) is 12.3 Å². The summed E-state index contributed by atoms with van der Waals surface area (Å²) in [5, 5.41) is 8.98. The third-order valence-corrected chi connectivity index (χ3v) is 5.05. The Balaban J connectivity index is 1.24. The summed E-state index contributed by atoms with van der Waals surface area (Å²) < 4.78 is 17.3. The van der Waals surface area contributed by atoms with E-state index in [0.717, 1.165) is 34.6 Å². The maximum Gasteiger partial charge on any atom is 0.304 e. The minimum Gasteiger partial charge on any atom is -0.493 e. The molecule has 4 rings (SSSR count). The van der Waals surface area contributed by atoms with E-state index in [9.17, 15) is 4.79 Å². The molecule has 0 bridgehead atoms. The highest BCUT2D eigenvalue weighted by Gasteiger charge is 2.26. The molecular weight excluding hydrogens is 380 g/mol. The number of fused-ring (bicyclic) bond motifs is 1. The number of hydrogen-bond acceptors (Lipinski definition) is 4. The van der Waals surface area contributed by atoms with Crippen molar-refractivity contribution in [2.45, 2.75) is 18.8 Å². The maximum absolute atomic E-state index is 10.9. The molecule has 0 aromatic heterocycles. The number of hydrogen-bond donors (Lipinski definition) is 1. The number of aliphatic carboxylic acids is 1. The molecule has 1 heterocycles. The van der Waals surface area contributed by atoms with Crippen LogP contribution in [0.5, 0.6) is 17.2 Å². The van der Waals surface area contributed by atoms with Crippen molar-refractivity contribution in [1.82, 2.24) is 0 Å². The molecule has 0 amide bonds. The number of carboxylic acids is 1. The largest absolute Gasteiger partial charge is 0.493 e. The van der Waals surface area contributed by atoms with Crippen molar-refractivity contribution < 1.29 is 24.1 Å². The fraction of sp³-hybridized carbons (Fsp3) is 0.240. The van der Waals surface area contributed by atoms with Crippen LogP contribution in [0.4, 0.5) is 0 Å².